The fourth-order valence-corrected chi connectivity index (χ4v) is 2.88. The monoisotopic (exact) mass is 251 g/mol. The maximum atomic E-state index is 6.23. The van der Waals surface area contributed by atoms with Crippen LogP contribution < -0.4 is 10.5 Å². The molecule has 2 unspecified atom stereocenters. The molecule has 2 N–H and O–H groups in total. The maximum Gasteiger partial charge on any atom is 0.122 e. The summed E-state index contributed by atoms with van der Waals surface area (Å²) in [6.45, 7) is 5.29. The van der Waals surface area contributed by atoms with Gasteiger partial charge in [0, 0.05) is 23.5 Å². The predicted molar refractivity (Wildman–Crippen MR) is 74.8 cm³/mol. The van der Waals surface area contributed by atoms with E-state index in [0.29, 0.717) is 5.25 Å². The molecule has 2 nitrogen and oxygen atoms in total. The number of hydrogen-bond acceptors (Lipinski definition) is 3. The second-order valence-electron chi connectivity index (χ2n) is 4.62. The Morgan fingerprint density at radius 1 is 1.47 bits per heavy atom. The van der Waals surface area contributed by atoms with Crippen molar-refractivity contribution in [1.29, 1.82) is 0 Å². The number of benzene rings is 1. The third-order valence-electron chi connectivity index (χ3n) is 3.28. The zero-order chi connectivity index (χ0) is 12.3. The van der Waals surface area contributed by atoms with Crippen LogP contribution in [-0.4, -0.2) is 17.6 Å². The van der Waals surface area contributed by atoms with Crippen molar-refractivity contribution in [3.05, 3.63) is 29.3 Å². The summed E-state index contributed by atoms with van der Waals surface area (Å²) in [5.41, 5.74) is 8.78. The summed E-state index contributed by atoms with van der Waals surface area (Å²) in [4.78, 5) is 0. The van der Waals surface area contributed by atoms with Crippen molar-refractivity contribution in [2.75, 3.05) is 12.4 Å². The molecule has 0 fully saturated rings. The Kier molecular flexibility index (Phi) is 4.35. The molecule has 1 aliphatic rings. The smallest absolute Gasteiger partial charge is 0.122 e. The summed E-state index contributed by atoms with van der Waals surface area (Å²) >= 11 is 1.96. The van der Waals surface area contributed by atoms with Gasteiger partial charge in [-0.15, -0.1) is 0 Å². The molecule has 0 aromatic heterocycles. The minimum absolute atomic E-state index is 0.139. The summed E-state index contributed by atoms with van der Waals surface area (Å²) in [5.74, 6) is 2.03. The van der Waals surface area contributed by atoms with E-state index in [-0.39, 0.29) is 6.04 Å². The van der Waals surface area contributed by atoms with Gasteiger partial charge in [-0.3, -0.25) is 0 Å². The van der Waals surface area contributed by atoms with Gasteiger partial charge < -0.3 is 10.5 Å². The molecule has 0 amide bonds. The first-order valence-electron chi connectivity index (χ1n) is 6.33. The van der Waals surface area contributed by atoms with Crippen molar-refractivity contribution in [3.63, 3.8) is 0 Å². The van der Waals surface area contributed by atoms with Gasteiger partial charge in [0.05, 0.1) is 6.61 Å². The lowest BCUT2D eigenvalue weighted by molar-refractivity contribution is 0.357. The summed E-state index contributed by atoms with van der Waals surface area (Å²) in [5, 5.41) is 0.693. The fraction of sp³-hybridized carbons (Fsp3) is 0.571. The van der Waals surface area contributed by atoms with Crippen LogP contribution in [-0.2, 0) is 6.42 Å². The SMILES string of the molecule is CCC(C)SCC(N)c1ccc2c(c1)CCO2. The van der Waals surface area contributed by atoms with Gasteiger partial charge >= 0.3 is 0 Å². The van der Waals surface area contributed by atoms with Crippen LogP contribution in [0.15, 0.2) is 18.2 Å². The molecule has 17 heavy (non-hydrogen) atoms. The van der Waals surface area contributed by atoms with Crippen molar-refractivity contribution >= 4 is 11.8 Å². The zero-order valence-corrected chi connectivity index (χ0v) is 11.4. The van der Waals surface area contributed by atoms with Crippen LogP contribution in [0.3, 0.4) is 0 Å². The topological polar surface area (TPSA) is 35.2 Å². The Balaban J connectivity index is 1.97. The van der Waals surface area contributed by atoms with E-state index in [1.165, 1.54) is 17.5 Å². The average Bonchev–Trinajstić information content (AvgIpc) is 2.82. The standard InChI is InChI=1S/C14H21NOS/c1-3-10(2)17-9-13(15)11-4-5-14-12(8-11)6-7-16-14/h4-5,8,10,13H,3,6-7,9,15H2,1-2H3. The zero-order valence-electron chi connectivity index (χ0n) is 10.6. The van der Waals surface area contributed by atoms with E-state index in [1.807, 2.05) is 11.8 Å². The quantitative estimate of drug-likeness (QED) is 0.873. The van der Waals surface area contributed by atoms with Crippen LogP contribution in [0.25, 0.3) is 0 Å². The van der Waals surface area contributed by atoms with E-state index in [9.17, 15) is 0 Å². The second-order valence-corrected chi connectivity index (χ2v) is 6.10. The lowest BCUT2D eigenvalue weighted by Gasteiger charge is -2.15. The van der Waals surface area contributed by atoms with Crippen LogP contribution in [0.2, 0.25) is 0 Å². The molecule has 1 heterocycles. The van der Waals surface area contributed by atoms with Gasteiger partial charge in [0.25, 0.3) is 0 Å². The third kappa shape index (κ3) is 3.17. The first kappa shape index (κ1) is 12.8. The van der Waals surface area contributed by atoms with E-state index in [4.69, 9.17) is 10.5 Å². The number of fused-ring (bicyclic) bond motifs is 1. The summed E-state index contributed by atoms with van der Waals surface area (Å²) in [7, 11) is 0. The molecular formula is C14H21NOS. The molecule has 1 aliphatic heterocycles. The summed E-state index contributed by atoms with van der Waals surface area (Å²) < 4.78 is 5.50. The van der Waals surface area contributed by atoms with E-state index in [0.717, 1.165) is 24.5 Å². The molecular weight excluding hydrogens is 230 g/mol. The Hall–Kier alpha value is -0.670. The summed E-state index contributed by atoms with van der Waals surface area (Å²) in [6, 6.07) is 6.52. The van der Waals surface area contributed by atoms with Crippen LogP contribution in [0.4, 0.5) is 0 Å². The second kappa shape index (κ2) is 5.78. The summed E-state index contributed by atoms with van der Waals surface area (Å²) in [6.07, 6.45) is 2.23. The highest BCUT2D eigenvalue weighted by Crippen LogP contribution is 2.29. The highest BCUT2D eigenvalue weighted by Gasteiger charge is 2.15. The van der Waals surface area contributed by atoms with Gasteiger partial charge in [0.15, 0.2) is 0 Å². The average molecular weight is 251 g/mol. The molecule has 94 valence electrons. The Labute approximate surface area is 108 Å². The number of rotatable bonds is 5. The molecule has 2 atom stereocenters. The number of thioether (sulfide) groups is 1. The third-order valence-corrected chi connectivity index (χ3v) is 4.73. The van der Waals surface area contributed by atoms with Crippen molar-refractivity contribution in [2.45, 2.75) is 38.0 Å². The first-order valence-corrected chi connectivity index (χ1v) is 7.38. The molecule has 1 aromatic carbocycles. The lowest BCUT2D eigenvalue weighted by Crippen LogP contribution is -2.14. The maximum absolute atomic E-state index is 6.23. The van der Waals surface area contributed by atoms with Crippen LogP contribution >= 0.6 is 11.8 Å². The molecule has 3 heteroatoms. The van der Waals surface area contributed by atoms with Crippen molar-refractivity contribution < 1.29 is 4.74 Å². The van der Waals surface area contributed by atoms with E-state index < -0.39 is 0 Å². The molecule has 0 spiro atoms. The Morgan fingerprint density at radius 3 is 3.06 bits per heavy atom. The Bertz CT molecular complexity index is 380. The van der Waals surface area contributed by atoms with Gasteiger partial charge in [-0.2, -0.15) is 11.8 Å². The molecule has 1 aromatic rings. The van der Waals surface area contributed by atoms with Crippen LogP contribution in [0, 0.1) is 0 Å². The van der Waals surface area contributed by atoms with Crippen molar-refractivity contribution in [3.8, 4) is 5.75 Å². The van der Waals surface area contributed by atoms with Gasteiger partial charge in [-0.1, -0.05) is 26.0 Å². The van der Waals surface area contributed by atoms with Crippen LogP contribution in [0.5, 0.6) is 5.75 Å². The largest absolute Gasteiger partial charge is 0.493 e. The van der Waals surface area contributed by atoms with Gasteiger partial charge in [0.2, 0.25) is 0 Å². The predicted octanol–water partition coefficient (Wildman–Crippen LogP) is 3.15. The molecule has 0 radical (unpaired) electrons. The minimum atomic E-state index is 0.139. The number of hydrogen-bond donors (Lipinski definition) is 1. The minimum Gasteiger partial charge on any atom is -0.493 e. The molecule has 0 saturated carbocycles. The first-order chi connectivity index (χ1) is 8.20. The van der Waals surface area contributed by atoms with Gasteiger partial charge in [-0.05, 0) is 23.6 Å². The van der Waals surface area contributed by atoms with E-state index in [2.05, 4.69) is 32.0 Å². The highest BCUT2D eigenvalue weighted by atomic mass is 32.2. The van der Waals surface area contributed by atoms with Crippen molar-refractivity contribution in [2.24, 2.45) is 5.73 Å². The van der Waals surface area contributed by atoms with Gasteiger partial charge in [0.1, 0.15) is 5.75 Å². The van der Waals surface area contributed by atoms with Gasteiger partial charge in [-0.25, -0.2) is 0 Å². The fourth-order valence-electron chi connectivity index (χ4n) is 1.92. The van der Waals surface area contributed by atoms with E-state index in [1.54, 1.807) is 0 Å². The highest BCUT2D eigenvalue weighted by molar-refractivity contribution is 7.99. The van der Waals surface area contributed by atoms with Crippen molar-refractivity contribution in [1.82, 2.24) is 0 Å². The number of ether oxygens (including phenoxy) is 1. The normalized spacial score (nSPS) is 17.4. The van der Waals surface area contributed by atoms with E-state index >= 15 is 0 Å². The molecule has 0 aliphatic carbocycles. The molecule has 0 bridgehead atoms. The Morgan fingerprint density at radius 2 is 2.29 bits per heavy atom. The number of nitrogens with two attached hydrogens (primary N) is 1. The lowest BCUT2D eigenvalue weighted by atomic mass is 10.0. The molecule has 2 rings (SSSR count). The molecule has 0 saturated heterocycles. The van der Waals surface area contributed by atoms with Crippen LogP contribution in [0.1, 0.15) is 37.4 Å².